The molecule has 2 N–H and O–H groups in total. The maximum atomic E-state index is 13.3. The number of amides is 1. The second-order valence-corrected chi connectivity index (χ2v) is 10.1. The Labute approximate surface area is 199 Å². The van der Waals surface area contributed by atoms with Gasteiger partial charge in [-0.2, -0.15) is 0 Å². The summed E-state index contributed by atoms with van der Waals surface area (Å²) in [6.45, 7) is 0.189. The van der Waals surface area contributed by atoms with Gasteiger partial charge in [-0.15, -0.1) is 0 Å². The van der Waals surface area contributed by atoms with Gasteiger partial charge in [0.2, 0.25) is 22.7 Å². The van der Waals surface area contributed by atoms with Crippen LogP contribution in [0.4, 0.5) is 5.69 Å². The highest BCUT2D eigenvalue weighted by Gasteiger charge is 2.51. The summed E-state index contributed by atoms with van der Waals surface area (Å²) in [5, 5.41) is 3.04. The number of anilines is 1. The molecule has 1 fully saturated rings. The number of ether oxygens (including phenoxy) is 3. The van der Waals surface area contributed by atoms with Crippen LogP contribution in [0.15, 0.2) is 65.6 Å². The molecule has 1 aliphatic carbocycles. The van der Waals surface area contributed by atoms with Crippen LogP contribution in [-0.2, 0) is 20.2 Å². The van der Waals surface area contributed by atoms with Crippen LogP contribution in [0.25, 0.3) is 11.1 Å². The van der Waals surface area contributed by atoms with E-state index >= 15 is 0 Å². The summed E-state index contributed by atoms with van der Waals surface area (Å²) < 4.78 is 42.7. The lowest BCUT2D eigenvalue weighted by Crippen LogP contribution is -2.27. The van der Waals surface area contributed by atoms with Gasteiger partial charge in [0.25, 0.3) is 0 Å². The van der Waals surface area contributed by atoms with Crippen molar-refractivity contribution in [3.63, 3.8) is 0 Å². The van der Waals surface area contributed by atoms with Crippen molar-refractivity contribution in [3.05, 3.63) is 66.2 Å². The quantitative estimate of drug-likeness (QED) is 0.529. The van der Waals surface area contributed by atoms with E-state index in [0.29, 0.717) is 22.9 Å². The monoisotopic (exact) mass is 482 g/mol. The van der Waals surface area contributed by atoms with Gasteiger partial charge < -0.3 is 19.5 Å². The van der Waals surface area contributed by atoms with E-state index in [0.717, 1.165) is 29.5 Å². The normalized spacial score (nSPS) is 15.6. The van der Waals surface area contributed by atoms with Crippen LogP contribution in [0.5, 0.6) is 17.2 Å². The number of nitrogens with one attached hydrogen (secondary N) is 2. The summed E-state index contributed by atoms with van der Waals surface area (Å²) in [4.78, 5) is 13.5. The summed E-state index contributed by atoms with van der Waals surface area (Å²) >= 11 is 0. The zero-order valence-electron chi connectivity index (χ0n) is 18.8. The van der Waals surface area contributed by atoms with Gasteiger partial charge in [-0.1, -0.05) is 18.2 Å². The smallest absolute Gasteiger partial charge is 0.240 e. The molecule has 2 aliphatic rings. The highest BCUT2D eigenvalue weighted by molar-refractivity contribution is 7.89. The lowest BCUT2D eigenvalue weighted by molar-refractivity contribution is -0.118. The molecule has 0 atom stereocenters. The molecule has 0 aromatic heterocycles. The van der Waals surface area contributed by atoms with Crippen molar-refractivity contribution in [3.8, 4) is 28.4 Å². The van der Waals surface area contributed by atoms with Crippen LogP contribution in [0.3, 0.4) is 0 Å². The molecular formula is C25H26N2O6S. The average molecular weight is 483 g/mol. The fourth-order valence-corrected chi connectivity index (χ4v) is 4.89. The minimum Gasteiger partial charge on any atom is -0.496 e. The molecule has 0 saturated heterocycles. The van der Waals surface area contributed by atoms with Gasteiger partial charge in [0.15, 0.2) is 11.5 Å². The number of sulfonamides is 1. The van der Waals surface area contributed by atoms with Gasteiger partial charge in [-0.3, -0.25) is 4.79 Å². The second kappa shape index (κ2) is 8.34. The van der Waals surface area contributed by atoms with Crippen molar-refractivity contribution in [1.29, 1.82) is 0 Å². The molecule has 8 nitrogen and oxygen atoms in total. The average Bonchev–Trinajstić information content (AvgIpc) is 3.55. The van der Waals surface area contributed by atoms with Gasteiger partial charge in [-0.05, 0) is 73.5 Å². The lowest BCUT2D eigenvalue weighted by atomic mass is 9.94. The van der Waals surface area contributed by atoms with Crippen LogP contribution < -0.4 is 24.2 Å². The SMILES string of the molecule is CNS(=O)(=O)c1ccc(-c2cc(NC(=O)C3(c4ccc5c(c4)OCO5)CC3)ccc2OC)cc1.[HH]. The van der Waals surface area contributed by atoms with Crippen molar-refractivity contribution < 1.29 is 28.8 Å². The molecule has 0 unspecified atom stereocenters. The lowest BCUT2D eigenvalue weighted by Gasteiger charge is -2.18. The third kappa shape index (κ3) is 3.86. The highest BCUT2D eigenvalue weighted by Crippen LogP contribution is 2.51. The van der Waals surface area contributed by atoms with E-state index in [1.807, 2.05) is 24.3 Å². The first-order valence-corrected chi connectivity index (χ1v) is 12.3. The van der Waals surface area contributed by atoms with E-state index in [1.165, 1.54) is 19.2 Å². The Kier molecular flexibility index (Phi) is 5.45. The Hall–Kier alpha value is -3.56. The Morgan fingerprint density at radius 1 is 1.00 bits per heavy atom. The van der Waals surface area contributed by atoms with Crippen LogP contribution in [0.1, 0.15) is 19.8 Å². The topological polar surface area (TPSA) is 103 Å². The number of hydrogen-bond donors (Lipinski definition) is 2. The third-order valence-electron chi connectivity index (χ3n) is 6.31. The van der Waals surface area contributed by atoms with Gasteiger partial charge >= 0.3 is 0 Å². The molecule has 3 aromatic rings. The number of carbonyl (C=O) groups excluding carboxylic acids is 1. The van der Waals surface area contributed by atoms with E-state index < -0.39 is 15.4 Å². The Bertz CT molecular complexity index is 1370. The molecule has 1 saturated carbocycles. The summed E-state index contributed by atoms with van der Waals surface area (Å²) in [6.07, 6.45) is 1.51. The number of rotatable bonds is 7. The molecule has 1 heterocycles. The zero-order chi connectivity index (χ0) is 23.9. The number of methoxy groups -OCH3 is 1. The van der Waals surface area contributed by atoms with Gasteiger partial charge in [0.05, 0.1) is 17.4 Å². The van der Waals surface area contributed by atoms with E-state index in [9.17, 15) is 13.2 Å². The Morgan fingerprint density at radius 2 is 1.74 bits per heavy atom. The standard InChI is InChI=1S/C25H24N2O6S.H2/c1-26-34(29,30)19-7-3-16(4-8-19)20-14-18(6-10-21(20)31-2)27-24(28)25(11-12-25)17-5-9-22-23(13-17)33-15-32-22;/h3-10,13-14,26H,11-12,15H2,1-2H3,(H,27,28);1H. The first kappa shape index (κ1) is 22.2. The van der Waals surface area contributed by atoms with Crippen molar-refractivity contribution >= 4 is 21.6 Å². The molecule has 34 heavy (non-hydrogen) atoms. The van der Waals surface area contributed by atoms with Crippen molar-refractivity contribution in [2.24, 2.45) is 0 Å². The molecule has 9 heteroatoms. The maximum absolute atomic E-state index is 13.3. The van der Waals surface area contributed by atoms with Gasteiger partial charge in [0.1, 0.15) is 5.75 Å². The van der Waals surface area contributed by atoms with E-state index in [1.54, 1.807) is 31.4 Å². The number of benzene rings is 3. The van der Waals surface area contributed by atoms with E-state index in [4.69, 9.17) is 14.2 Å². The molecule has 1 aliphatic heterocycles. The summed E-state index contributed by atoms with van der Waals surface area (Å²) in [5.74, 6) is 1.87. The molecule has 0 radical (unpaired) electrons. The highest BCUT2D eigenvalue weighted by atomic mass is 32.2. The maximum Gasteiger partial charge on any atom is 0.240 e. The fourth-order valence-electron chi connectivity index (χ4n) is 4.16. The molecule has 5 rings (SSSR count). The van der Waals surface area contributed by atoms with E-state index in [2.05, 4.69) is 10.0 Å². The predicted octanol–water partition coefficient (Wildman–Crippen LogP) is 3.92. The van der Waals surface area contributed by atoms with Gasteiger partial charge in [-0.25, -0.2) is 13.1 Å². The van der Waals surface area contributed by atoms with Crippen molar-refractivity contribution in [2.75, 3.05) is 26.3 Å². The first-order valence-electron chi connectivity index (χ1n) is 10.8. The second-order valence-electron chi connectivity index (χ2n) is 8.25. The predicted molar refractivity (Wildman–Crippen MR) is 129 cm³/mol. The molecule has 0 spiro atoms. The number of carbonyl (C=O) groups is 1. The number of fused-ring (bicyclic) bond motifs is 1. The third-order valence-corrected chi connectivity index (χ3v) is 7.74. The summed E-state index contributed by atoms with van der Waals surface area (Å²) in [6, 6.07) is 17.5. The number of hydrogen-bond acceptors (Lipinski definition) is 6. The first-order chi connectivity index (χ1) is 16.4. The van der Waals surface area contributed by atoms with Gasteiger partial charge in [0, 0.05) is 12.7 Å². The van der Waals surface area contributed by atoms with Crippen LogP contribution in [0.2, 0.25) is 0 Å². The van der Waals surface area contributed by atoms with Crippen LogP contribution in [0, 0.1) is 0 Å². The minimum atomic E-state index is -3.53. The Balaban J connectivity index is 0.00000289. The van der Waals surface area contributed by atoms with Crippen molar-refractivity contribution in [2.45, 2.75) is 23.2 Å². The van der Waals surface area contributed by atoms with Crippen LogP contribution in [-0.4, -0.2) is 35.3 Å². The minimum absolute atomic E-state index is 0. The molecular weight excluding hydrogens is 456 g/mol. The van der Waals surface area contributed by atoms with E-state index in [-0.39, 0.29) is 19.0 Å². The summed E-state index contributed by atoms with van der Waals surface area (Å²) in [5.41, 5.74) is 2.44. The molecule has 178 valence electrons. The molecule has 0 bridgehead atoms. The molecule has 1 amide bonds. The zero-order valence-corrected chi connectivity index (χ0v) is 19.6. The summed E-state index contributed by atoms with van der Waals surface area (Å²) in [7, 11) is -0.597. The molecule has 3 aromatic carbocycles. The fraction of sp³-hybridized carbons (Fsp3) is 0.240. The Morgan fingerprint density at radius 3 is 2.41 bits per heavy atom. The largest absolute Gasteiger partial charge is 0.496 e. The van der Waals surface area contributed by atoms with Crippen molar-refractivity contribution in [1.82, 2.24) is 4.72 Å². The van der Waals surface area contributed by atoms with Crippen LogP contribution >= 0.6 is 0 Å².